The molecule has 2 heterocycles. The third kappa shape index (κ3) is 5.28. The molecule has 31 heavy (non-hydrogen) atoms. The lowest BCUT2D eigenvalue weighted by Gasteiger charge is -2.39. The van der Waals surface area contributed by atoms with E-state index in [-0.39, 0.29) is 11.8 Å². The van der Waals surface area contributed by atoms with Crippen LogP contribution in [0, 0.1) is 5.92 Å². The van der Waals surface area contributed by atoms with Gasteiger partial charge in [-0.25, -0.2) is 0 Å². The van der Waals surface area contributed by atoms with Crippen LogP contribution in [-0.2, 0) is 11.3 Å². The number of piperazine rings is 1. The van der Waals surface area contributed by atoms with Crippen LogP contribution >= 0.6 is 23.2 Å². The van der Waals surface area contributed by atoms with E-state index in [1.54, 1.807) is 7.11 Å². The van der Waals surface area contributed by atoms with Gasteiger partial charge in [-0.2, -0.15) is 0 Å². The molecule has 2 saturated heterocycles. The van der Waals surface area contributed by atoms with Crippen molar-refractivity contribution >= 4 is 34.8 Å². The molecule has 0 N–H and O–H groups in total. The fraction of sp³-hybridized carbons (Fsp3) is 0.458. The minimum absolute atomic E-state index is 0.0440. The number of amides is 1. The standard InChI is InChI=1S/C24H29Cl2N3O2/c1-31-20-9-7-19(8-10-20)28-12-14-29(15-13-28)24(30)18-4-3-11-27(16-18)17-21-22(25)5-2-6-23(21)26/h2,5-10,18H,3-4,11-17H2,1H3/t18-/m1/s1. The van der Waals surface area contributed by atoms with Crippen molar-refractivity contribution in [2.45, 2.75) is 19.4 Å². The fourth-order valence-corrected chi connectivity index (χ4v) is 5.06. The Balaban J connectivity index is 1.32. The van der Waals surface area contributed by atoms with Crippen molar-refractivity contribution in [3.05, 3.63) is 58.1 Å². The number of nitrogens with zero attached hydrogens (tertiary/aromatic N) is 3. The van der Waals surface area contributed by atoms with Gasteiger partial charge in [-0.1, -0.05) is 29.3 Å². The number of piperidine rings is 1. The summed E-state index contributed by atoms with van der Waals surface area (Å²) in [6.45, 7) is 5.64. The topological polar surface area (TPSA) is 36.0 Å². The van der Waals surface area contributed by atoms with Crippen LogP contribution in [0.15, 0.2) is 42.5 Å². The van der Waals surface area contributed by atoms with Gasteiger partial charge in [-0.05, 0) is 55.8 Å². The summed E-state index contributed by atoms with van der Waals surface area (Å²) in [5, 5.41) is 1.38. The molecule has 0 unspecified atom stereocenters. The predicted molar refractivity (Wildman–Crippen MR) is 126 cm³/mol. The highest BCUT2D eigenvalue weighted by atomic mass is 35.5. The second-order valence-corrected chi connectivity index (χ2v) is 9.10. The predicted octanol–water partition coefficient (Wildman–Crippen LogP) is 4.56. The Morgan fingerprint density at radius 3 is 2.32 bits per heavy atom. The molecular weight excluding hydrogens is 433 g/mol. The van der Waals surface area contributed by atoms with Gasteiger partial charge in [0.25, 0.3) is 0 Å². The van der Waals surface area contributed by atoms with E-state index in [0.29, 0.717) is 16.6 Å². The zero-order chi connectivity index (χ0) is 21.8. The first-order chi connectivity index (χ1) is 15.0. The summed E-state index contributed by atoms with van der Waals surface area (Å²) < 4.78 is 5.24. The van der Waals surface area contributed by atoms with E-state index in [0.717, 1.165) is 63.4 Å². The lowest BCUT2D eigenvalue weighted by Crippen LogP contribution is -2.52. The highest BCUT2D eigenvalue weighted by Gasteiger charge is 2.31. The molecule has 0 spiro atoms. The molecule has 0 aliphatic carbocycles. The van der Waals surface area contributed by atoms with Crippen LogP contribution in [0.4, 0.5) is 5.69 Å². The number of rotatable bonds is 5. The lowest BCUT2D eigenvalue weighted by molar-refractivity contribution is -0.137. The molecule has 2 aromatic rings. The number of hydrogen-bond donors (Lipinski definition) is 0. The summed E-state index contributed by atoms with van der Waals surface area (Å²) in [7, 11) is 1.68. The number of hydrogen-bond acceptors (Lipinski definition) is 4. The SMILES string of the molecule is COc1ccc(N2CCN(C(=O)[C@@H]3CCCN(Cc4c(Cl)cccc4Cl)C3)CC2)cc1. The minimum Gasteiger partial charge on any atom is -0.497 e. The van der Waals surface area contributed by atoms with Gasteiger partial charge in [-0.3, -0.25) is 9.69 Å². The van der Waals surface area contributed by atoms with Gasteiger partial charge in [0, 0.05) is 60.6 Å². The smallest absolute Gasteiger partial charge is 0.227 e. The maximum absolute atomic E-state index is 13.2. The number of carbonyl (C=O) groups excluding carboxylic acids is 1. The van der Waals surface area contributed by atoms with Crippen LogP contribution in [0.1, 0.15) is 18.4 Å². The van der Waals surface area contributed by atoms with Gasteiger partial charge in [-0.15, -0.1) is 0 Å². The first-order valence-corrected chi connectivity index (χ1v) is 11.6. The van der Waals surface area contributed by atoms with Gasteiger partial charge < -0.3 is 14.5 Å². The molecule has 2 aromatic carbocycles. The van der Waals surface area contributed by atoms with Crippen molar-refractivity contribution in [3.63, 3.8) is 0 Å². The number of likely N-dealkylation sites (tertiary alicyclic amines) is 1. The van der Waals surface area contributed by atoms with Crippen molar-refractivity contribution < 1.29 is 9.53 Å². The number of carbonyl (C=O) groups is 1. The molecule has 0 saturated carbocycles. The monoisotopic (exact) mass is 461 g/mol. The Morgan fingerprint density at radius 2 is 1.68 bits per heavy atom. The highest BCUT2D eigenvalue weighted by molar-refractivity contribution is 6.35. The Labute approximate surface area is 194 Å². The Morgan fingerprint density at radius 1 is 1.00 bits per heavy atom. The van der Waals surface area contributed by atoms with Gasteiger partial charge >= 0.3 is 0 Å². The normalized spacial score (nSPS) is 20.0. The van der Waals surface area contributed by atoms with E-state index in [9.17, 15) is 4.79 Å². The number of benzene rings is 2. The minimum atomic E-state index is 0.0440. The summed E-state index contributed by atoms with van der Waals surface area (Å²) in [5.74, 6) is 1.18. The average Bonchev–Trinajstić information content (AvgIpc) is 2.81. The van der Waals surface area contributed by atoms with Crippen LogP contribution in [0.2, 0.25) is 10.0 Å². The number of methoxy groups -OCH3 is 1. The third-order valence-corrected chi connectivity index (χ3v) is 7.04. The Bertz CT molecular complexity index is 878. The van der Waals surface area contributed by atoms with Crippen molar-refractivity contribution in [1.82, 2.24) is 9.80 Å². The van der Waals surface area contributed by atoms with Gasteiger partial charge in [0.05, 0.1) is 13.0 Å². The summed E-state index contributed by atoms with van der Waals surface area (Å²) in [4.78, 5) is 19.9. The molecule has 0 aromatic heterocycles. The average molecular weight is 462 g/mol. The van der Waals surface area contributed by atoms with Crippen molar-refractivity contribution in [2.75, 3.05) is 51.3 Å². The molecule has 0 radical (unpaired) electrons. The Kier molecular flexibility index (Phi) is 7.26. The van der Waals surface area contributed by atoms with Crippen LogP contribution in [0.25, 0.3) is 0 Å². The number of halogens is 2. The summed E-state index contributed by atoms with van der Waals surface area (Å²) in [6.07, 6.45) is 1.97. The van der Waals surface area contributed by atoms with E-state index in [2.05, 4.69) is 21.9 Å². The van der Waals surface area contributed by atoms with Crippen LogP contribution < -0.4 is 9.64 Å². The van der Waals surface area contributed by atoms with E-state index >= 15 is 0 Å². The molecule has 0 bridgehead atoms. The van der Waals surface area contributed by atoms with Gasteiger partial charge in [0.1, 0.15) is 5.75 Å². The molecule has 2 aliphatic heterocycles. The number of ether oxygens (including phenoxy) is 1. The van der Waals surface area contributed by atoms with Gasteiger partial charge in [0.2, 0.25) is 5.91 Å². The summed E-state index contributed by atoms with van der Waals surface area (Å²) in [5.41, 5.74) is 2.13. The summed E-state index contributed by atoms with van der Waals surface area (Å²) >= 11 is 12.7. The molecule has 1 atom stereocenters. The largest absolute Gasteiger partial charge is 0.497 e. The Hall–Kier alpha value is -1.95. The molecule has 2 fully saturated rings. The molecule has 1 amide bonds. The van der Waals surface area contributed by atoms with Crippen LogP contribution in [0.5, 0.6) is 5.75 Å². The van der Waals surface area contributed by atoms with E-state index in [1.165, 1.54) is 5.69 Å². The maximum Gasteiger partial charge on any atom is 0.227 e. The zero-order valence-electron chi connectivity index (χ0n) is 17.9. The van der Waals surface area contributed by atoms with Crippen molar-refractivity contribution in [1.29, 1.82) is 0 Å². The molecule has 5 nitrogen and oxygen atoms in total. The first kappa shape index (κ1) is 22.3. The van der Waals surface area contributed by atoms with Crippen LogP contribution in [-0.4, -0.2) is 62.1 Å². The van der Waals surface area contributed by atoms with E-state index in [1.807, 2.05) is 35.2 Å². The fourth-order valence-electron chi connectivity index (χ4n) is 4.54. The first-order valence-electron chi connectivity index (χ1n) is 10.9. The molecular formula is C24H29Cl2N3O2. The second-order valence-electron chi connectivity index (χ2n) is 8.28. The quantitative estimate of drug-likeness (QED) is 0.653. The third-order valence-electron chi connectivity index (χ3n) is 6.33. The van der Waals surface area contributed by atoms with Crippen molar-refractivity contribution in [2.24, 2.45) is 5.92 Å². The molecule has 166 valence electrons. The van der Waals surface area contributed by atoms with Crippen molar-refractivity contribution in [3.8, 4) is 5.75 Å². The van der Waals surface area contributed by atoms with Crippen LogP contribution in [0.3, 0.4) is 0 Å². The summed E-state index contributed by atoms with van der Waals surface area (Å²) in [6, 6.07) is 13.7. The van der Waals surface area contributed by atoms with E-state index in [4.69, 9.17) is 27.9 Å². The lowest BCUT2D eigenvalue weighted by atomic mass is 9.95. The van der Waals surface area contributed by atoms with Gasteiger partial charge in [0.15, 0.2) is 0 Å². The maximum atomic E-state index is 13.2. The molecule has 7 heteroatoms. The molecule has 4 rings (SSSR count). The number of anilines is 1. The molecule has 2 aliphatic rings. The highest BCUT2D eigenvalue weighted by Crippen LogP contribution is 2.28. The second kappa shape index (κ2) is 10.1. The van der Waals surface area contributed by atoms with E-state index < -0.39 is 0 Å². The zero-order valence-corrected chi connectivity index (χ0v) is 19.4.